The van der Waals surface area contributed by atoms with Gasteiger partial charge < -0.3 is 5.32 Å². The van der Waals surface area contributed by atoms with Gasteiger partial charge in [-0.25, -0.2) is 0 Å². The van der Waals surface area contributed by atoms with Crippen LogP contribution in [0.5, 0.6) is 0 Å². The number of benzene rings is 2. The summed E-state index contributed by atoms with van der Waals surface area (Å²) >= 11 is 10.0. The second-order valence-electron chi connectivity index (χ2n) is 3.67. The molecule has 0 aliphatic heterocycles. The number of rotatable bonds is 3. The van der Waals surface area contributed by atoms with Gasteiger partial charge in [-0.2, -0.15) is 0 Å². The zero-order chi connectivity index (χ0) is 14.0. The third kappa shape index (κ3) is 3.69. The van der Waals surface area contributed by atoms with E-state index in [0.29, 0.717) is 8.59 Å². The molecule has 0 bridgehead atoms. The van der Waals surface area contributed by atoms with E-state index >= 15 is 0 Å². The molecule has 0 aliphatic rings. The highest BCUT2D eigenvalue weighted by molar-refractivity contribution is 14.1. The molecule has 0 unspecified atom stereocenters. The molecule has 0 saturated carbocycles. The fraction of sp³-hybridized carbons (Fsp3) is 0. The van der Waals surface area contributed by atoms with Gasteiger partial charge in [0.05, 0.1) is 14.2 Å². The molecule has 7 heteroatoms. The molecule has 0 spiro atoms. The summed E-state index contributed by atoms with van der Waals surface area (Å²) in [4.78, 5) is 10.4. The number of halogens is 3. The average molecular weight is 500 g/mol. The molecular weight excluding hydrogens is 493 g/mol. The summed E-state index contributed by atoms with van der Waals surface area (Å²) in [5.41, 5.74) is 1.82. The van der Waals surface area contributed by atoms with Crippen LogP contribution in [0.2, 0.25) is 5.02 Å². The lowest BCUT2D eigenvalue weighted by Crippen LogP contribution is -1.96. The van der Waals surface area contributed by atoms with Gasteiger partial charge in [-0.3, -0.25) is 10.1 Å². The van der Waals surface area contributed by atoms with Crippen molar-refractivity contribution in [2.75, 3.05) is 5.32 Å². The summed E-state index contributed by atoms with van der Waals surface area (Å²) in [5.74, 6) is 0. The Labute approximate surface area is 142 Å². The largest absolute Gasteiger partial charge is 0.355 e. The van der Waals surface area contributed by atoms with E-state index in [9.17, 15) is 10.1 Å². The molecule has 19 heavy (non-hydrogen) atoms. The van der Waals surface area contributed by atoms with Gasteiger partial charge in [0, 0.05) is 20.3 Å². The highest BCUT2D eigenvalue weighted by atomic mass is 127. The maximum absolute atomic E-state index is 10.7. The average Bonchev–Trinajstić information content (AvgIpc) is 2.32. The van der Waals surface area contributed by atoms with E-state index in [2.05, 4.69) is 27.9 Å². The van der Waals surface area contributed by atoms with Crippen molar-refractivity contribution in [1.29, 1.82) is 0 Å². The number of anilines is 2. The molecule has 2 aromatic rings. The Morgan fingerprint density at radius 1 is 1.11 bits per heavy atom. The van der Waals surface area contributed by atoms with Gasteiger partial charge in [-0.15, -0.1) is 0 Å². The van der Waals surface area contributed by atoms with E-state index in [-0.39, 0.29) is 5.69 Å². The van der Waals surface area contributed by atoms with Crippen LogP contribution in [-0.4, -0.2) is 4.92 Å². The van der Waals surface area contributed by atoms with Gasteiger partial charge >= 0.3 is 0 Å². The predicted molar refractivity (Wildman–Crippen MR) is 93.3 cm³/mol. The molecule has 0 amide bonds. The van der Waals surface area contributed by atoms with Crippen LogP contribution >= 0.6 is 56.8 Å². The van der Waals surface area contributed by atoms with Crippen LogP contribution in [0.25, 0.3) is 0 Å². The summed E-state index contributed by atoms with van der Waals surface area (Å²) in [5, 5.41) is 14.6. The van der Waals surface area contributed by atoms with E-state index in [1.54, 1.807) is 18.2 Å². The highest BCUT2D eigenvalue weighted by Crippen LogP contribution is 2.29. The number of hydrogen-bond acceptors (Lipinski definition) is 3. The third-order valence-corrected chi connectivity index (χ3v) is 4.35. The molecule has 0 fully saturated rings. The van der Waals surface area contributed by atoms with Crippen LogP contribution in [-0.2, 0) is 0 Å². The van der Waals surface area contributed by atoms with Crippen molar-refractivity contribution in [2.45, 2.75) is 0 Å². The smallest absolute Gasteiger partial charge is 0.282 e. The minimum absolute atomic E-state index is 0.108. The summed E-state index contributed by atoms with van der Waals surface area (Å²) in [7, 11) is 0. The standard InChI is InChI=1S/C12H7ClI2N2O2/c13-7-1-3-11(9(14)5-7)16-8-2-4-12(17(18)19)10(15)6-8/h1-6,16H. The van der Waals surface area contributed by atoms with Crippen molar-refractivity contribution in [1.82, 2.24) is 0 Å². The molecule has 0 aromatic heterocycles. The van der Waals surface area contributed by atoms with E-state index < -0.39 is 4.92 Å². The van der Waals surface area contributed by atoms with Crippen molar-refractivity contribution in [3.05, 3.63) is 58.7 Å². The molecule has 1 N–H and O–H groups in total. The van der Waals surface area contributed by atoms with Crippen molar-refractivity contribution in [3.63, 3.8) is 0 Å². The summed E-state index contributed by atoms with van der Waals surface area (Å²) < 4.78 is 1.58. The fourth-order valence-electron chi connectivity index (χ4n) is 1.48. The lowest BCUT2D eigenvalue weighted by Gasteiger charge is -2.09. The zero-order valence-electron chi connectivity index (χ0n) is 9.36. The van der Waals surface area contributed by atoms with Gasteiger partial charge in [0.2, 0.25) is 0 Å². The van der Waals surface area contributed by atoms with Crippen molar-refractivity contribution >= 4 is 73.8 Å². The van der Waals surface area contributed by atoms with Crippen LogP contribution in [0.3, 0.4) is 0 Å². The van der Waals surface area contributed by atoms with Crippen molar-refractivity contribution < 1.29 is 4.92 Å². The normalized spacial score (nSPS) is 10.3. The Bertz CT molecular complexity index is 650. The third-order valence-electron chi connectivity index (χ3n) is 2.35. The van der Waals surface area contributed by atoms with Gasteiger partial charge in [0.15, 0.2) is 0 Å². The minimum Gasteiger partial charge on any atom is -0.355 e. The molecule has 0 aliphatic carbocycles. The Morgan fingerprint density at radius 3 is 2.42 bits per heavy atom. The van der Waals surface area contributed by atoms with E-state index in [1.807, 2.05) is 34.7 Å². The molecule has 98 valence electrons. The molecular formula is C12H7ClI2N2O2. The Hall–Kier alpha value is -0.610. The first-order chi connectivity index (χ1) is 8.97. The van der Waals surface area contributed by atoms with Crippen molar-refractivity contribution in [2.24, 2.45) is 0 Å². The second-order valence-corrected chi connectivity index (χ2v) is 6.43. The SMILES string of the molecule is O=[N+]([O-])c1ccc(Nc2ccc(Cl)cc2I)cc1I. The Morgan fingerprint density at radius 2 is 1.84 bits per heavy atom. The molecule has 2 rings (SSSR count). The molecule has 0 saturated heterocycles. The van der Waals surface area contributed by atoms with E-state index in [0.717, 1.165) is 14.9 Å². The Kier molecular flexibility index (Phi) is 4.85. The quantitative estimate of drug-likeness (QED) is 0.358. The number of nitrogens with zero attached hydrogens (tertiary/aromatic N) is 1. The first-order valence-electron chi connectivity index (χ1n) is 5.13. The van der Waals surface area contributed by atoms with Crippen LogP contribution in [0.1, 0.15) is 0 Å². The van der Waals surface area contributed by atoms with Gasteiger partial charge in [0.25, 0.3) is 5.69 Å². The van der Waals surface area contributed by atoms with Crippen molar-refractivity contribution in [3.8, 4) is 0 Å². The summed E-state index contributed by atoms with van der Waals surface area (Å²) in [6.07, 6.45) is 0. The van der Waals surface area contributed by atoms with Gasteiger partial charge in [-0.05, 0) is 75.5 Å². The maximum Gasteiger partial charge on any atom is 0.282 e. The van der Waals surface area contributed by atoms with Gasteiger partial charge in [0.1, 0.15) is 0 Å². The molecule has 0 radical (unpaired) electrons. The van der Waals surface area contributed by atoms with Crippen LogP contribution < -0.4 is 5.32 Å². The topological polar surface area (TPSA) is 55.2 Å². The first-order valence-corrected chi connectivity index (χ1v) is 7.67. The predicted octanol–water partition coefficient (Wildman–Crippen LogP) is 5.20. The summed E-state index contributed by atoms with van der Waals surface area (Å²) in [6.45, 7) is 0. The van der Waals surface area contributed by atoms with E-state index in [4.69, 9.17) is 11.6 Å². The molecule has 2 aromatic carbocycles. The molecule has 0 atom stereocenters. The first kappa shape index (κ1) is 14.8. The fourth-order valence-corrected chi connectivity index (χ4v) is 3.20. The van der Waals surface area contributed by atoms with Crippen LogP contribution in [0.15, 0.2) is 36.4 Å². The molecule has 4 nitrogen and oxygen atoms in total. The number of nitro benzene ring substituents is 1. The second kappa shape index (κ2) is 6.23. The van der Waals surface area contributed by atoms with Crippen LogP contribution in [0.4, 0.5) is 17.1 Å². The lowest BCUT2D eigenvalue weighted by molar-refractivity contribution is -0.385. The highest BCUT2D eigenvalue weighted by Gasteiger charge is 2.12. The Balaban J connectivity index is 2.29. The molecule has 0 heterocycles. The van der Waals surface area contributed by atoms with E-state index in [1.165, 1.54) is 6.07 Å². The monoisotopic (exact) mass is 500 g/mol. The minimum atomic E-state index is -0.391. The maximum atomic E-state index is 10.7. The van der Waals surface area contributed by atoms with Gasteiger partial charge in [-0.1, -0.05) is 11.6 Å². The number of nitro groups is 1. The van der Waals surface area contributed by atoms with Crippen LogP contribution in [0, 0.1) is 17.3 Å². The summed E-state index contributed by atoms with van der Waals surface area (Å²) in [6, 6.07) is 10.4. The number of nitrogens with one attached hydrogen (secondary N) is 1. The lowest BCUT2D eigenvalue weighted by atomic mass is 10.2. The zero-order valence-corrected chi connectivity index (χ0v) is 14.4. The number of hydrogen-bond donors (Lipinski definition) is 1.